The highest BCUT2D eigenvalue weighted by Gasteiger charge is 2.21. The number of halogens is 1. The summed E-state index contributed by atoms with van der Waals surface area (Å²) in [7, 11) is -4.01. The predicted molar refractivity (Wildman–Crippen MR) is 120 cm³/mol. The molecule has 0 radical (unpaired) electrons. The van der Waals surface area contributed by atoms with Crippen molar-refractivity contribution in [2.45, 2.75) is 45.4 Å². The first-order valence-corrected chi connectivity index (χ1v) is 12.1. The van der Waals surface area contributed by atoms with E-state index in [-0.39, 0.29) is 5.04 Å². The molecule has 9 heteroatoms. The molecule has 156 valence electrons. The lowest BCUT2D eigenvalue weighted by Crippen LogP contribution is -2.25. The Labute approximate surface area is 181 Å². The molecule has 0 aliphatic carbocycles. The fraction of sp³-hybridized carbons (Fsp3) is 0.400. The highest BCUT2D eigenvalue weighted by Crippen LogP contribution is 2.33. The largest absolute Gasteiger partial charge is 0.402 e. The van der Waals surface area contributed by atoms with Crippen LogP contribution in [0.2, 0.25) is 5.02 Å². The van der Waals surface area contributed by atoms with Crippen molar-refractivity contribution in [3.05, 3.63) is 51.9 Å². The second kappa shape index (κ2) is 12.0. The van der Waals surface area contributed by atoms with Crippen molar-refractivity contribution in [1.29, 1.82) is 5.26 Å². The summed E-state index contributed by atoms with van der Waals surface area (Å²) in [6.45, 7) is 2.45. The van der Waals surface area contributed by atoms with Crippen molar-refractivity contribution < 1.29 is 12.7 Å². The zero-order valence-electron chi connectivity index (χ0n) is 16.2. The maximum atomic E-state index is 12.0. The van der Waals surface area contributed by atoms with Crippen LogP contribution in [0.3, 0.4) is 0 Å². The van der Waals surface area contributed by atoms with Crippen molar-refractivity contribution in [1.82, 2.24) is 4.72 Å². The van der Waals surface area contributed by atoms with Gasteiger partial charge in [0.1, 0.15) is 6.07 Å². The van der Waals surface area contributed by atoms with Crippen molar-refractivity contribution in [2.75, 3.05) is 6.54 Å². The summed E-state index contributed by atoms with van der Waals surface area (Å²) >= 11 is 7.37. The van der Waals surface area contributed by atoms with E-state index in [9.17, 15) is 13.7 Å². The van der Waals surface area contributed by atoms with E-state index in [1.54, 1.807) is 35.7 Å². The number of nitrogens with zero attached hydrogens (tertiary/aromatic N) is 2. The van der Waals surface area contributed by atoms with E-state index in [0.29, 0.717) is 28.3 Å². The first kappa shape index (κ1) is 23.5. The van der Waals surface area contributed by atoms with Crippen LogP contribution in [0.5, 0.6) is 0 Å². The Morgan fingerprint density at radius 2 is 1.97 bits per heavy atom. The van der Waals surface area contributed by atoms with Crippen molar-refractivity contribution in [2.24, 2.45) is 5.16 Å². The van der Waals surface area contributed by atoms with E-state index in [1.807, 2.05) is 0 Å². The second-order valence-corrected chi connectivity index (χ2v) is 9.04. The van der Waals surface area contributed by atoms with Crippen LogP contribution in [0, 0.1) is 11.3 Å². The van der Waals surface area contributed by atoms with Crippen molar-refractivity contribution >= 4 is 44.3 Å². The third kappa shape index (κ3) is 7.52. The van der Waals surface area contributed by atoms with Crippen LogP contribution in [0.1, 0.15) is 51.0 Å². The van der Waals surface area contributed by atoms with Gasteiger partial charge in [-0.25, -0.2) is 0 Å². The van der Waals surface area contributed by atoms with E-state index >= 15 is 0 Å². The molecule has 1 aromatic carbocycles. The maximum Gasteiger partial charge on any atom is 0.402 e. The van der Waals surface area contributed by atoms with Gasteiger partial charge in [-0.1, -0.05) is 85.7 Å². The Morgan fingerprint density at radius 1 is 1.24 bits per heavy atom. The molecule has 1 aliphatic heterocycles. The Hall–Kier alpha value is -1.79. The standard InChI is InChI=1S/C20H24ClN3O3S2/c1-2-3-4-5-6-9-13-23-29(25,26)27-24-20-17(12-14-28-20)18(15-22)16-10-7-8-11-19(16)21/h7-8,10-12,14,23H,2-6,9,13H2,1H3/b18-17+,24-20-. The highest BCUT2D eigenvalue weighted by molar-refractivity contribution is 8.17. The quantitative estimate of drug-likeness (QED) is 0.275. The van der Waals surface area contributed by atoms with Crippen LogP contribution < -0.4 is 4.72 Å². The number of nitriles is 1. The molecule has 0 spiro atoms. The summed E-state index contributed by atoms with van der Waals surface area (Å²) in [4.78, 5) is 0. The third-order valence-electron chi connectivity index (χ3n) is 4.20. The monoisotopic (exact) mass is 453 g/mol. The van der Waals surface area contributed by atoms with Gasteiger partial charge in [-0.3, -0.25) is 4.28 Å². The molecule has 1 heterocycles. The lowest BCUT2D eigenvalue weighted by Gasteiger charge is -2.07. The first-order valence-electron chi connectivity index (χ1n) is 9.47. The van der Waals surface area contributed by atoms with Gasteiger partial charge < -0.3 is 0 Å². The molecule has 29 heavy (non-hydrogen) atoms. The molecule has 0 bridgehead atoms. The van der Waals surface area contributed by atoms with Gasteiger partial charge in [0.2, 0.25) is 0 Å². The minimum Gasteiger partial charge on any atom is -0.255 e. The summed E-state index contributed by atoms with van der Waals surface area (Å²) < 4.78 is 31.2. The number of oxime groups is 1. The molecule has 0 aromatic heterocycles. The third-order valence-corrected chi connectivity index (χ3v) is 6.14. The molecular formula is C20H24ClN3O3S2. The van der Waals surface area contributed by atoms with E-state index in [1.165, 1.54) is 31.0 Å². The zero-order valence-corrected chi connectivity index (χ0v) is 18.6. The topological polar surface area (TPSA) is 91.6 Å². The molecule has 0 atom stereocenters. The maximum absolute atomic E-state index is 12.0. The predicted octanol–water partition coefficient (Wildman–Crippen LogP) is 5.40. The Balaban J connectivity index is 2.00. The summed E-state index contributed by atoms with van der Waals surface area (Å²) in [6.07, 6.45) is 8.03. The normalized spacial score (nSPS) is 16.8. The fourth-order valence-electron chi connectivity index (χ4n) is 2.70. The smallest absolute Gasteiger partial charge is 0.255 e. The average molecular weight is 454 g/mol. The van der Waals surface area contributed by atoms with Crippen molar-refractivity contribution in [3.63, 3.8) is 0 Å². The lowest BCUT2D eigenvalue weighted by atomic mass is 10.0. The molecule has 0 unspecified atom stereocenters. The van der Waals surface area contributed by atoms with Gasteiger partial charge in [0.15, 0.2) is 5.04 Å². The second-order valence-electron chi connectivity index (χ2n) is 6.39. The van der Waals surface area contributed by atoms with Crippen LogP contribution in [0.25, 0.3) is 5.57 Å². The summed E-state index contributed by atoms with van der Waals surface area (Å²) in [5.74, 6) is 0. The van der Waals surface area contributed by atoms with E-state index < -0.39 is 10.3 Å². The number of hydrogen-bond acceptors (Lipinski definition) is 6. The molecule has 0 fully saturated rings. The zero-order chi connectivity index (χ0) is 21.1. The number of hydrogen-bond donors (Lipinski definition) is 1. The Bertz CT molecular complexity index is 935. The van der Waals surface area contributed by atoms with Gasteiger partial charge in [0, 0.05) is 22.7 Å². The number of rotatable bonds is 11. The van der Waals surface area contributed by atoms with Crippen LogP contribution in [-0.4, -0.2) is 20.0 Å². The Morgan fingerprint density at radius 3 is 2.69 bits per heavy atom. The summed E-state index contributed by atoms with van der Waals surface area (Å²) in [5, 5.41) is 15.8. The van der Waals surface area contributed by atoms with E-state index in [4.69, 9.17) is 15.9 Å². The molecule has 0 saturated heterocycles. The number of nitrogens with one attached hydrogen (secondary N) is 1. The minimum absolute atomic E-state index is 0.284. The van der Waals surface area contributed by atoms with Gasteiger partial charge in [-0.2, -0.15) is 18.4 Å². The molecule has 0 amide bonds. The average Bonchev–Trinajstić information content (AvgIpc) is 3.16. The van der Waals surface area contributed by atoms with Gasteiger partial charge in [0.25, 0.3) is 0 Å². The first-order chi connectivity index (χ1) is 14.0. The number of unbranched alkanes of at least 4 members (excludes halogenated alkanes) is 5. The molecule has 2 rings (SSSR count). The molecule has 6 nitrogen and oxygen atoms in total. The van der Waals surface area contributed by atoms with E-state index in [2.05, 4.69) is 22.9 Å². The van der Waals surface area contributed by atoms with Gasteiger partial charge >= 0.3 is 10.3 Å². The van der Waals surface area contributed by atoms with Gasteiger partial charge in [-0.15, -0.1) is 0 Å². The number of allylic oxidation sites excluding steroid dienone is 2. The number of benzene rings is 1. The molecule has 1 aromatic rings. The molecule has 1 aliphatic rings. The van der Waals surface area contributed by atoms with Crippen LogP contribution >= 0.6 is 23.4 Å². The molecule has 0 saturated carbocycles. The highest BCUT2D eigenvalue weighted by atomic mass is 35.5. The van der Waals surface area contributed by atoms with E-state index in [0.717, 1.165) is 19.3 Å². The van der Waals surface area contributed by atoms with Gasteiger partial charge in [0.05, 0.1) is 5.57 Å². The van der Waals surface area contributed by atoms with Crippen molar-refractivity contribution in [3.8, 4) is 6.07 Å². The van der Waals surface area contributed by atoms with Gasteiger partial charge in [-0.05, 0) is 24.0 Å². The number of thioether (sulfide) groups is 1. The molecular weight excluding hydrogens is 430 g/mol. The van der Waals surface area contributed by atoms with Crippen LogP contribution in [-0.2, 0) is 14.6 Å². The van der Waals surface area contributed by atoms with Crippen LogP contribution in [0.4, 0.5) is 0 Å². The summed E-state index contributed by atoms with van der Waals surface area (Å²) in [6, 6.07) is 9.07. The van der Waals surface area contributed by atoms with Crippen LogP contribution in [0.15, 0.2) is 46.5 Å². The molecule has 1 N–H and O–H groups in total. The lowest BCUT2D eigenvalue weighted by molar-refractivity contribution is 0.331. The Kier molecular flexibility index (Phi) is 9.74. The SMILES string of the molecule is CCCCCCCCNS(=O)(=O)O/N=C1\SC=C\C1=C(\C#N)c1ccccc1Cl. The summed E-state index contributed by atoms with van der Waals surface area (Å²) in [5.41, 5.74) is 1.32. The minimum atomic E-state index is -4.01. The fourth-order valence-corrected chi connectivity index (χ4v) is 4.31.